The summed E-state index contributed by atoms with van der Waals surface area (Å²) in [6.07, 6.45) is 2.02. The Balaban J connectivity index is 2.81. The normalized spacial score (nSPS) is 9.93. The van der Waals surface area contributed by atoms with E-state index in [0.717, 1.165) is 12.1 Å². The summed E-state index contributed by atoms with van der Waals surface area (Å²) in [7, 11) is 1.81. The molecular formula is C11H15NOS. The summed E-state index contributed by atoms with van der Waals surface area (Å²) in [5, 5.41) is 0. The fraction of sp³-hybridized carbons (Fsp3) is 0.364. The van der Waals surface area contributed by atoms with E-state index >= 15 is 0 Å². The monoisotopic (exact) mass is 209 g/mol. The van der Waals surface area contributed by atoms with Gasteiger partial charge in [-0.05, 0) is 37.4 Å². The Kier molecular flexibility index (Phi) is 4.01. The number of amides is 1. The zero-order valence-electron chi connectivity index (χ0n) is 8.78. The van der Waals surface area contributed by atoms with Gasteiger partial charge in [0.2, 0.25) is 0 Å². The third-order valence-electron chi connectivity index (χ3n) is 2.16. The largest absolute Gasteiger partial charge is 0.342 e. The van der Waals surface area contributed by atoms with Gasteiger partial charge in [0.05, 0.1) is 0 Å². The Morgan fingerprint density at radius 1 is 1.36 bits per heavy atom. The minimum atomic E-state index is 0.0835. The second-order valence-corrected chi connectivity index (χ2v) is 3.93. The number of carbonyl (C=O) groups is 1. The molecule has 0 aliphatic carbocycles. The molecule has 0 aromatic heterocycles. The lowest BCUT2D eigenvalue weighted by atomic mass is 10.2. The van der Waals surface area contributed by atoms with Crippen LogP contribution in [0.2, 0.25) is 0 Å². The lowest BCUT2D eigenvalue weighted by molar-refractivity contribution is 0.0802. The molecule has 0 bridgehead atoms. The average Bonchev–Trinajstić information content (AvgIpc) is 2.27. The van der Waals surface area contributed by atoms with Gasteiger partial charge in [0.15, 0.2) is 0 Å². The highest BCUT2D eigenvalue weighted by atomic mass is 32.2. The van der Waals surface area contributed by atoms with E-state index in [1.807, 2.05) is 44.5 Å². The molecule has 0 fully saturated rings. The van der Waals surface area contributed by atoms with Crippen molar-refractivity contribution in [3.8, 4) is 0 Å². The van der Waals surface area contributed by atoms with Gasteiger partial charge in [-0.3, -0.25) is 4.79 Å². The number of benzene rings is 1. The van der Waals surface area contributed by atoms with E-state index in [1.54, 1.807) is 16.7 Å². The molecule has 0 aliphatic heterocycles. The molecule has 0 saturated heterocycles. The second kappa shape index (κ2) is 5.05. The molecule has 0 aliphatic rings. The van der Waals surface area contributed by atoms with Crippen LogP contribution in [0.4, 0.5) is 0 Å². The van der Waals surface area contributed by atoms with Gasteiger partial charge in [0, 0.05) is 24.1 Å². The number of hydrogen-bond donors (Lipinski definition) is 0. The highest BCUT2D eigenvalue weighted by Gasteiger charge is 2.08. The van der Waals surface area contributed by atoms with Gasteiger partial charge in [0.1, 0.15) is 0 Å². The zero-order valence-corrected chi connectivity index (χ0v) is 9.60. The molecule has 1 rings (SSSR count). The summed E-state index contributed by atoms with van der Waals surface area (Å²) in [5.41, 5.74) is 0.757. The molecule has 0 atom stereocenters. The fourth-order valence-electron chi connectivity index (χ4n) is 1.10. The van der Waals surface area contributed by atoms with Crippen molar-refractivity contribution in [3.05, 3.63) is 29.8 Å². The van der Waals surface area contributed by atoms with Crippen LogP contribution in [0.3, 0.4) is 0 Å². The third kappa shape index (κ3) is 2.51. The summed E-state index contributed by atoms with van der Waals surface area (Å²) < 4.78 is 0. The highest BCUT2D eigenvalue weighted by molar-refractivity contribution is 7.98. The van der Waals surface area contributed by atoms with Gasteiger partial charge >= 0.3 is 0 Å². The third-order valence-corrected chi connectivity index (χ3v) is 2.90. The van der Waals surface area contributed by atoms with Gasteiger partial charge in [-0.2, -0.15) is 0 Å². The number of thioether (sulfide) groups is 1. The van der Waals surface area contributed by atoms with Gasteiger partial charge in [-0.15, -0.1) is 11.8 Å². The molecule has 3 heteroatoms. The highest BCUT2D eigenvalue weighted by Crippen LogP contribution is 2.15. The van der Waals surface area contributed by atoms with E-state index in [1.165, 1.54) is 4.90 Å². The summed E-state index contributed by atoms with van der Waals surface area (Å²) >= 11 is 1.68. The molecule has 0 radical (unpaired) electrons. The summed E-state index contributed by atoms with van der Waals surface area (Å²) in [6, 6.07) is 7.70. The molecule has 0 unspecified atom stereocenters. The van der Waals surface area contributed by atoms with Crippen LogP contribution in [-0.2, 0) is 0 Å². The van der Waals surface area contributed by atoms with Crippen molar-refractivity contribution in [2.75, 3.05) is 19.8 Å². The first-order valence-electron chi connectivity index (χ1n) is 4.58. The number of nitrogens with zero attached hydrogens (tertiary/aromatic N) is 1. The van der Waals surface area contributed by atoms with Crippen LogP contribution < -0.4 is 0 Å². The SMILES string of the molecule is CCN(C)C(=O)c1ccc(SC)cc1. The lowest BCUT2D eigenvalue weighted by Crippen LogP contribution is -2.26. The number of rotatable bonds is 3. The number of hydrogen-bond acceptors (Lipinski definition) is 2. The zero-order chi connectivity index (χ0) is 10.6. The quantitative estimate of drug-likeness (QED) is 0.713. The Morgan fingerprint density at radius 3 is 2.36 bits per heavy atom. The Hall–Kier alpha value is -0.960. The summed E-state index contributed by atoms with van der Waals surface area (Å²) in [4.78, 5) is 14.6. The van der Waals surface area contributed by atoms with Crippen molar-refractivity contribution in [3.63, 3.8) is 0 Å². The molecule has 1 aromatic rings. The summed E-state index contributed by atoms with van der Waals surface area (Å²) in [6.45, 7) is 2.71. The molecule has 0 heterocycles. The Bertz CT molecular complexity index is 308. The molecule has 0 N–H and O–H groups in total. The molecular weight excluding hydrogens is 194 g/mol. The van der Waals surface area contributed by atoms with Crippen LogP contribution in [0, 0.1) is 0 Å². The smallest absolute Gasteiger partial charge is 0.253 e. The van der Waals surface area contributed by atoms with E-state index in [0.29, 0.717) is 0 Å². The maximum absolute atomic E-state index is 11.7. The minimum Gasteiger partial charge on any atom is -0.342 e. The van der Waals surface area contributed by atoms with Gasteiger partial charge < -0.3 is 4.90 Å². The van der Waals surface area contributed by atoms with Gasteiger partial charge in [0.25, 0.3) is 5.91 Å². The van der Waals surface area contributed by atoms with Crippen molar-refractivity contribution in [2.45, 2.75) is 11.8 Å². The molecule has 76 valence electrons. The Morgan fingerprint density at radius 2 is 1.93 bits per heavy atom. The first-order valence-corrected chi connectivity index (χ1v) is 5.81. The molecule has 14 heavy (non-hydrogen) atoms. The second-order valence-electron chi connectivity index (χ2n) is 3.05. The lowest BCUT2D eigenvalue weighted by Gasteiger charge is -2.14. The van der Waals surface area contributed by atoms with Crippen LogP contribution in [0.25, 0.3) is 0 Å². The fourth-order valence-corrected chi connectivity index (χ4v) is 1.51. The first kappa shape index (κ1) is 11.1. The van der Waals surface area contributed by atoms with E-state index in [4.69, 9.17) is 0 Å². The average molecular weight is 209 g/mol. The van der Waals surface area contributed by atoms with Crippen LogP contribution in [0.1, 0.15) is 17.3 Å². The molecule has 1 aromatic carbocycles. The van der Waals surface area contributed by atoms with Gasteiger partial charge in [-0.25, -0.2) is 0 Å². The van der Waals surface area contributed by atoms with Crippen molar-refractivity contribution in [1.29, 1.82) is 0 Å². The van der Waals surface area contributed by atoms with Crippen LogP contribution in [-0.4, -0.2) is 30.7 Å². The Labute approximate surface area is 89.3 Å². The van der Waals surface area contributed by atoms with Crippen molar-refractivity contribution >= 4 is 17.7 Å². The van der Waals surface area contributed by atoms with Crippen molar-refractivity contribution in [2.24, 2.45) is 0 Å². The minimum absolute atomic E-state index is 0.0835. The van der Waals surface area contributed by atoms with Crippen LogP contribution in [0.5, 0.6) is 0 Å². The standard InChI is InChI=1S/C11H15NOS/c1-4-12(2)11(13)9-5-7-10(14-3)8-6-9/h5-8H,4H2,1-3H3. The predicted molar refractivity (Wildman–Crippen MR) is 60.9 cm³/mol. The first-order chi connectivity index (χ1) is 6.69. The van der Waals surface area contributed by atoms with E-state index in [2.05, 4.69) is 0 Å². The van der Waals surface area contributed by atoms with E-state index in [-0.39, 0.29) is 5.91 Å². The topological polar surface area (TPSA) is 20.3 Å². The predicted octanol–water partition coefficient (Wildman–Crippen LogP) is 2.50. The number of carbonyl (C=O) groups excluding carboxylic acids is 1. The maximum atomic E-state index is 11.7. The van der Waals surface area contributed by atoms with Crippen LogP contribution in [0.15, 0.2) is 29.2 Å². The molecule has 0 saturated carbocycles. The van der Waals surface area contributed by atoms with E-state index in [9.17, 15) is 4.79 Å². The van der Waals surface area contributed by atoms with Gasteiger partial charge in [-0.1, -0.05) is 0 Å². The summed E-state index contributed by atoms with van der Waals surface area (Å²) in [5.74, 6) is 0.0835. The molecule has 0 spiro atoms. The maximum Gasteiger partial charge on any atom is 0.253 e. The van der Waals surface area contributed by atoms with E-state index < -0.39 is 0 Å². The van der Waals surface area contributed by atoms with Crippen molar-refractivity contribution in [1.82, 2.24) is 4.90 Å². The van der Waals surface area contributed by atoms with Crippen molar-refractivity contribution < 1.29 is 4.79 Å². The van der Waals surface area contributed by atoms with Crippen LogP contribution >= 0.6 is 11.8 Å². The molecule has 2 nitrogen and oxygen atoms in total. The molecule has 1 amide bonds.